The molecule has 0 saturated carbocycles. The Kier molecular flexibility index (Phi) is 12.5. The van der Waals surface area contributed by atoms with Gasteiger partial charge in [0, 0.05) is 19.5 Å². The molecule has 2 atom stereocenters. The molecular weight excluding hydrogens is 874 g/mol. The maximum atomic E-state index is 12.5. The molecule has 0 fully saturated rings. The van der Waals surface area contributed by atoms with Gasteiger partial charge < -0.3 is 39.5 Å². The van der Waals surface area contributed by atoms with Crippen molar-refractivity contribution in [2.45, 2.75) is 12.1 Å². The molecule has 0 radical (unpaired) electrons. The van der Waals surface area contributed by atoms with Crippen molar-refractivity contribution in [1.82, 2.24) is 9.97 Å². The summed E-state index contributed by atoms with van der Waals surface area (Å²) in [5, 5.41) is 12.0. The van der Waals surface area contributed by atoms with Gasteiger partial charge in [-0.2, -0.15) is 0 Å². The molecule has 65 heavy (non-hydrogen) atoms. The van der Waals surface area contributed by atoms with Crippen LogP contribution in [0.25, 0.3) is 32.9 Å². The van der Waals surface area contributed by atoms with Crippen molar-refractivity contribution in [2.75, 3.05) is 28.4 Å². The van der Waals surface area contributed by atoms with Crippen LogP contribution in [0.4, 0.5) is 0 Å². The largest absolute Gasteiger partial charge is 0.674 e. The second-order valence-electron chi connectivity index (χ2n) is 14.9. The minimum Gasteiger partial charge on any atom is -0.674 e. The van der Waals surface area contributed by atoms with Crippen LogP contribution >= 0.6 is 0 Å². The first-order valence-corrected chi connectivity index (χ1v) is 20.2. The molecule has 8 bridgehead atoms. The summed E-state index contributed by atoms with van der Waals surface area (Å²) in [5.41, 5.74) is 10.2. The van der Waals surface area contributed by atoms with Crippen molar-refractivity contribution < 1.29 is 57.6 Å². The summed E-state index contributed by atoms with van der Waals surface area (Å²) < 4.78 is 19.9. The molecule has 0 saturated heterocycles. The van der Waals surface area contributed by atoms with Gasteiger partial charge in [-0.3, -0.25) is 0 Å². The maximum absolute atomic E-state index is 12.5. The van der Waals surface area contributed by atoms with E-state index >= 15 is 0 Å². The molecule has 3 aliphatic heterocycles. The molecule has 0 spiro atoms. The molecule has 4 aromatic carbocycles. The number of rotatable bonds is 8. The molecule has 320 valence electrons. The molecule has 0 aliphatic carbocycles. The zero-order valence-electron chi connectivity index (χ0n) is 35.8. The predicted molar refractivity (Wildman–Crippen MR) is 240 cm³/mol. The molecule has 12 nitrogen and oxygen atoms in total. The van der Waals surface area contributed by atoms with Gasteiger partial charge >= 0.3 is 23.9 Å². The average Bonchev–Trinajstić information content (AvgIpc) is 4.20. The first-order valence-electron chi connectivity index (χ1n) is 20.2. The van der Waals surface area contributed by atoms with Crippen molar-refractivity contribution in [1.29, 1.82) is 0 Å². The van der Waals surface area contributed by atoms with Crippen LogP contribution in [0.3, 0.4) is 0 Å². The number of carbonyl (C=O) groups is 4. The van der Waals surface area contributed by atoms with Gasteiger partial charge in [0.15, 0.2) is 0 Å². The van der Waals surface area contributed by atoms with Gasteiger partial charge in [-0.15, -0.1) is 33.5 Å². The van der Waals surface area contributed by atoms with Crippen molar-refractivity contribution >= 4 is 46.2 Å². The van der Waals surface area contributed by atoms with E-state index < -0.39 is 36.0 Å². The molecule has 2 aromatic heterocycles. The number of ether oxygens (including phenoxy) is 4. The van der Waals surface area contributed by atoms with Crippen molar-refractivity contribution in [3.05, 3.63) is 234 Å². The van der Waals surface area contributed by atoms with E-state index in [1.807, 2.05) is 97.1 Å². The van der Waals surface area contributed by atoms with Crippen LogP contribution in [0.2, 0.25) is 0 Å². The Balaban J connectivity index is 0.00000576. The van der Waals surface area contributed by atoms with Crippen LogP contribution in [0.5, 0.6) is 0 Å². The molecule has 3 aliphatic rings. The molecule has 0 N–H and O–H groups in total. The second kappa shape index (κ2) is 18.5. The van der Waals surface area contributed by atoms with E-state index in [9.17, 15) is 19.2 Å². The zero-order chi connectivity index (χ0) is 44.5. The molecule has 13 heteroatoms. The van der Waals surface area contributed by atoms with Crippen molar-refractivity contribution in [3.8, 4) is 0 Å². The third-order valence-electron chi connectivity index (χ3n) is 11.3. The molecule has 9 rings (SSSR count). The van der Waals surface area contributed by atoms with Gasteiger partial charge in [0.05, 0.1) is 50.7 Å². The molecule has 6 aromatic rings. The monoisotopic (exact) mass is 910 g/mol. The van der Waals surface area contributed by atoms with Crippen LogP contribution in [-0.4, -0.2) is 64.4 Å². The fraction of sp³-hybridized carbons (Fsp3) is 0.115. The van der Waals surface area contributed by atoms with Crippen LogP contribution in [-0.2, 0) is 38.4 Å². The Bertz CT molecular complexity index is 2890. The van der Waals surface area contributed by atoms with Crippen LogP contribution in [0.1, 0.15) is 75.1 Å². The number of fused-ring (bicyclic) bond motifs is 8. The van der Waals surface area contributed by atoms with Gasteiger partial charge in [-0.05, 0) is 81.9 Å². The van der Waals surface area contributed by atoms with Gasteiger partial charge in [0.25, 0.3) is 0 Å². The smallest absolute Gasteiger partial charge is 0.337 e. The zero-order valence-corrected chi connectivity index (χ0v) is 38.7. The third kappa shape index (κ3) is 8.41. The van der Waals surface area contributed by atoms with Crippen LogP contribution < -0.4 is 20.7 Å². The summed E-state index contributed by atoms with van der Waals surface area (Å²) in [6, 6.07) is 35.2. The number of esters is 4. The number of nitrogens with zero attached hydrogens (tertiary/aromatic N) is 4. The average molecular weight is 912 g/mol. The summed E-state index contributed by atoms with van der Waals surface area (Å²) in [4.78, 5) is 60.5. The van der Waals surface area contributed by atoms with E-state index in [0.29, 0.717) is 55.7 Å². The van der Waals surface area contributed by atoms with E-state index in [2.05, 4.69) is 0 Å². The molecular formula is C52H38N4O8Zn-4. The SMILES string of the molecule is COC(=O)c1ccc(/C2=C3\C=CC([N-]3)/C(c3ccc(C(=O)OC)cc3)=c3/cc/c([n-]3)=C(\c3ccc(C(=O)OC)cc3)C3C=C/C(=C(\c4ccc(C(=O)OC)cc4)c4ccc2[n-]4)[N-]3)cc1.[Zn]. The van der Waals surface area contributed by atoms with Crippen molar-refractivity contribution in [3.63, 3.8) is 0 Å². The summed E-state index contributed by atoms with van der Waals surface area (Å²) in [5.74, 6) is -1.83. The van der Waals surface area contributed by atoms with Gasteiger partial charge in [-0.1, -0.05) is 120 Å². The molecule has 5 heterocycles. The number of hydrogen-bond acceptors (Lipinski definition) is 8. The van der Waals surface area contributed by atoms with E-state index in [4.69, 9.17) is 39.5 Å². The summed E-state index contributed by atoms with van der Waals surface area (Å²) >= 11 is 0. The van der Waals surface area contributed by atoms with Crippen molar-refractivity contribution in [2.24, 2.45) is 0 Å². The fourth-order valence-corrected chi connectivity index (χ4v) is 8.14. The summed E-state index contributed by atoms with van der Waals surface area (Å²) in [7, 11) is 5.37. The number of benzene rings is 4. The van der Waals surface area contributed by atoms with E-state index in [0.717, 1.165) is 44.5 Å². The number of methoxy groups -OCH3 is 4. The summed E-state index contributed by atoms with van der Waals surface area (Å²) in [6.45, 7) is 0. The van der Waals surface area contributed by atoms with Gasteiger partial charge in [0.2, 0.25) is 0 Å². The van der Waals surface area contributed by atoms with Gasteiger partial charge in [-0.25, -0.2) is 19.2 Å². The standard InChI is InChI=1S/C52H41N4O8.Zn/c1-61-49(57)33-13-5-29(6-14-33)45-37-21-23-39(53-37)46(30-7-15-34(16-8-30)50(58)62-2)41-25-27-43(55-41)48(32-11-19-36(20-12-32)52(60)64-4)44-28-26-42(56-44)47(40-24-22-38(45)54-40)31-9-17-35(18-10-31)51(59)63-3;/h5-28,37,42H,1-4H3,(H3-,53,54,55,56,57,58,59,60);/q-1;/p-3. The topological polar surface area (TPSA) is 162 Å². The minimum atomic E-state index is -0.525. The Hall–Kier alpha value is -7.76. The summed E-state index contributed by atoms with van der Waals surface area (Å²) in [6.07, 6.45) is 7.92. The first-order chi connectivity index (χ1) is 31.2. The third-order valence-corrected chi connectivity index (χ3v) is 11.3. The number of carbonyl (C=O) groups excluding carboxylic acids is 4. The normalized spacial score (nSPS) is 19.9. The Morgan fingerprint density at radius 1 is 0.400 bits per heavy atom. The van der Waals surface area contributed by atoms with E-state index in [-0.39, 0.29) is 19.5 Å². The Morgan fingerprint density at radius 2 is 0.708 bits per heavy atom. The minimum absolute atomic E-state index is 0. The fourth-order valence-electron chi connectivity index (χ4n) is 8.14. The maximum Gasteiger partial charge on any atom is 0.337 e. The van der Waals surface area contributed by atoms with Crippen LogP contribution in [0.15, 0.2) is 157 Å². The quantitative estimate of drug-likeness (QED) is 0.0884. The molecule has 2 unspecified atom stereocenters. The first kappa shape index (κ1) is 43.9. The van der Waals surface area contributed by atoms with E-state index in [1.165, 1.54) is 28.4 Å². The Labute approximate surface area is 386 Å². The van der Waals surface area contributed by atoms with Crippen LogP contribution in [0, 0.1) is 0 Å². The van der Waals surface area contributed by atoms with E-state index in [1.54, 1.807) is 48.5 Å². The second-order valence-corrected chi connectivity index (χ2v) is 14.9. The molecule has 0 amide bonds. The van der Waals surface area contributed by atoms with Gasteiger partial charge in [0.1, 0.15) is 0 Å². The number of hydrogen-bond donors (Lipinski definition) is 0. The number of aromatic nitrogens is 2. The predicted octanol–water partition coefficient (Wildman–Crippen LogP) is 7.00. The Morgan fingerprint density at radius 3 is 1.02 bits per heavy atom. The number of allylic oxidation sites excluding steroid dienone is 2.